The van der Waals surface area contributed by atoms with Crippen molar-refractivity contribution in [1.82, 2.24) is 24.7 Å². The monoisotopic (exact) mass is 449 g/mol. The van der Waals surface area contributed by atoms with Gasteiger partial charge in [-0.15, -0.1) is 0 Å². The Morgan fingerprint density at radius 2 is 1.69 bits per heavy atom. The van der Waals surface area contributed by atoms with E-state index in [0.29, 0.717) is 24.1 Å². The van der Waals surface area contributed by atoms with Gasteiger partial charge in [0, 0.05) is 19.6 Å². The Labute approximate surface area is 188 Å². The highest BCUT2D eigenvalue weighted by atomic mass is 16.4. The van der Waals surface area contributed by atoms with Crippen molar-refractivity contribution >= 4 is 16.9 Å². The van der Waals surface area contributed by atoms with Crippen LogP contribution in [0.3, 0.4) is 0 Å². The number of rotatable bonds is 10. The molecule has 3 atom stereocenters. The molecule has 0 unspecified atom stereocenters. The molecule has 0 saturated carbocycles. The second-order valence-electron chi connectivity index (χ2n) is 8.75. The van der Waals surface area contributed by atoms with Gasteiger partial charge in [0.15, 0.2) is 5.69 Å². The van der Waals surface area contributed by atoms with Gasteiger partial charge in [-0.3, -0.25) is 9.59 Å². The Bertz CT molecular complexity index is 1000. The van der Waals surface area contributed by atoms with Gasteiger partial charge in [-0.25, -0.2) is 4.98 Å². The number of carbonyl (C=O) groups is 1. The van der Waals surface area contributed by atoms with Crippen molar-refractivity contribution in [3.63, 3.8) is 0 Å². The molecule has 0 aliphatic rings. The predicted octanol–water partition coefficient (Wildman–Crippen LogP) is -1.05. The Morgan fingerprint density at radius 3 is 2.28 bits per heavy atom. The molecule has 4 N–H and O–H groups in total. The van der Waals surface area contributed by atoms with Gasteiger partial charge in [0.2, 0.25) is 0 Å². The van der Waals surface area contributed by atoms with Gasteiger partial charge in [-0.1, -0.05) is 0 Å². The average Bonchev–Trinajstić information content (AvgIpc) is 2.69. The van der Waals surface area contributed by atoms with E-state index in [-0.39, 0.29) is 18.8 Å². The number of aromatic nitrogens is 2. The van der Waals surface area contributed by atoms with Crippen molar-refractivity contribution in [3.05, 3.63) is 39.3 Å². The maximum Gasteiger partial charge on any atom is 0.282 e. The molecule has 2 aromatic rings. The zero-order valence-corrected chi connectivity index (χ0v) is 19.7. The van der Waals surface area contributed by atoms with Crippen molar-refractivity contribution in [3.8, 4) is 0 Å². The highest BCUT2D eigenvalue weighted by molar-refractivity contribution is 5.94. The molecule has 10 heteroatoms. The van der Waals surface area contributed by atoms with Gasteiger partial charge in [0.05, 0.1) is 23.7 Å². The molecule has 0 radical (unpaired) electrons. The largest absolute Gasteiger partial charge is 0.389 e. The smallest absolute Gasteiger partial charge is 0.282 e. The number of benzene rings is 1. The number of nitrogens with zero attached hydrogens (tertiary/aromatic N) is 4. The summed E-state index contributed by atoms with van der Waals surface area (Å²) in [6, 6.07) is 3.54. The summed E-state index contributed by atoms with van der Waals surface area (Å²) >= 11 is 0. The van der Waals surface area contributed by atoms with Crippen molar-refractivity contribution in [2.45, 2.75) is 38.7 Å². The normalized spacial score (nSPS) is 14.7. The molecule has 0 aliphatic carbocycles. The second kappa shape index (κ2) is 11.0. The van der Waals surface area contributed by atoms with Gasteiger partial charge in [-0.05, 0) is 65.3 Å². The lowest BCUT2D eigenvalue weighted by atomic mass is 10.1. The van der Waals surface area contributed by atoms with Gasteiger partial charge in [-0.2, -0.15) is 0 Å². The van der Waals surface area contributed by atoms with Crippen molar-refractivity contribution in [2.24, 2.45) is 0 Å². The van der Waals surface area contributed by atoms with Crippen molar-refractivity contribution < 1.29 is 20.1 Å². The van der Waals surface area contributed by atoms with Crippen LogP contribution in [0.2, 0.25) is 0 Å². The average molecular weight is 450 g/mol. The maximum absolute atomic E-state index is 13.2. The molecule has 1 amide bonds. The molecule has 1 aromatic carbocycles. The molecule has 0 fully saturated rings. The van der Waals surface area contributed by atoms with E-state index in [1.54, 1.807) is 31.1 Å². The number of hydrogen-bond donors (Lipinski definition) is 4. The second-order valence-corrected chi connectivity index (χ2v) is 8.75. The summed E-state index contributed by atoms with van der Waals surface area (Å²) in [7, 11) is 7.21. The predicted molar refractivity (Wildman–Crippen MR) is 123 cm³/mol. The number of nitrogens with one attached hydrogen (secondary N) is 1. The summed E-state index contributed by atoms with van der Waals surface area (Å²) in [6.45, 7) is 4.57. The molecular formula is C22H35N5O5. The highest BCUT2D eigenvalue weighted by Gasteiger charge is 2.27. The van der Waals surface area contributed by atoms with E-state index in [1.165, 1.54) is 4.57 Å². The fraction of sp³-hybridized carbons (Fsp3) is 0.591. The number of aliphatic hydroxyl groups excluding tert-OH is 3. The van der Waals surface area contributed by atoms with Crippen LogP contribution in [0.4, 0.5) is 0 Å². The first-order valence-corrected chi connectivity index (χ1v) is 10.6. The Hall–Kier alpha value is -2.37. The number of carbonyl (C=O) groups excluding carboxylic acids is 1. The van der Waals surface area contributed by atoms with E-state index >= 15 is 0 Å². The van der Waals surface area contributed by atoms with Gasteiger partial charge in [0.25, 0.3) is 11.5 Å². The molecule has 1 heterocycles. The lowest BCUT2D eigenvalue weighted by Gasteiger charge is -2.26. The van der Waals surface area contributed by atoms with Crippen LogP contribution in [-0.2, 0) is 6.54 Å². The van der Waals surface area contributed by atoms with Gasteiger partial charge >= 0.3 is 0 Å². The van der Waals surface area contributed by atoms with Crippen LogP contribution < -0.4 is 10.9 Å². The van der Waals surface area contributed by atoms with Crippen LogP contribution in [0.5, 0.6) is 0 Å². The third-order valence-corrected chi connectivity index (χ3v) is 5.33. The summed E-state index contributed by atoms with van der Waals surface area (Å²) in [4.78, 5) is 33.7. The topological polar surface area (TPSA) is 131 Å². The van der Waals surface area contributed by atoms with E-state index in [4.69, 9.17) is 0 Å². The molecule has 0 bridgehead atoms. The molecular weight excluding hydrogens is 414 g/mol. The first-order valence-electron chi connectivity index (χ1n) is 10.6. The van der Waals surface area contributed by atoms with Crippen molar-refractivity contribution in [1.29, 1.82) is 0 Å². The molecule has 2 rings (SSSR count). The number of likely N-dealkylation sites (N-methyl/N-ethyl adjacent to an activating group) is 2. The molecule has 0 aliphatic heterocycles. The minimum Gasteiger partial charge on any atom is -0.389 e. The van der Waals surface area contributed by atoms with Crippen LogP contribution >= 0.6 is 0 Å². The fourth-order valence-electron chi connectivity index (χ4n) is 3.34. The number of fused-ring (bicyclic) bond motifs is 1. The Balaban J connectivity index is 2.47. The SMILES string of the molecule is Cc1cc2nc(C(=O)NCCN(C)C)c(=O)n(C[C@H](O)[C@H](O)[C@H](O)CN(C)C)c2cc1C. The lowest BCUT2D eigenvalue weighted by Crippen LogP contribution is -2.46. The Kier molecular flexibility index (Phi) is 8.88. The van der Waals surface area contributed by atoms with Crippen molar-refractivity contribution in [2.75, 3.05) is 47.8 Å². The first-order chi connectivity index (χ1) is 14.9. The summed E-state index contributed by atoms with van der Waals surface area (Å²) in [5.41, 5.74) is 1.78. The van der Waals surface area contributed by atoms with E-state index in [0.717, 1.165) is 11.1 Å². The molecule has 0 spiro atoms. The van der Waals surface area contributed by atoms with Gasteiger partial charge < -0.3 is 35.0 Å². The third kappa shape index (κ3) is 6.33. The van der Waals surface area contributed by atoms with Crippen LogP contribution in [0, 0.1) is 13.8 Å². The highest BCUT2D eigenvalue weighted by Crippen LogP contribution is 2.18. The molecule has 10 nitrogen and oxygen atoms in total. The van der Waals surface area contributed by atoms with E-state index in [2.05, 4.69) is 10.3 Å². The molecule has 1 aromatic heterocycles. The Morgan fingerprint density at radius 1 is 1.06 bits per heavy atom. The van der Waals surface area contributed by atoms with E-state index < -0.39 is 29.8 Å². The van der Waals surface area contributed by atoms with Crippen LogP contribution in [0.25, 0.3) is 11.0 Å². The fourth-order valence-corrected chi connectivity index (χ4v) is 3.34. The summed E-state index contributed by atoms with van der Waals surface area (Å²) < 4.78 is 1.24. The number of amides is 1. The van der Waals surface area contributed by atoms with Crippen LogP contribution in [0.15, 0.2) is 16.9 Å². The summed E-state index contributed by atoms with van der Waals surface area (Å²) in [5.74, 6) is -0.603. The molecule has 32 heavy (non-hydrogen) atoms. The summed E-state index contributed by atoms with van der Waals surface area (Å²) in [5, 5.41) is 33.8. The van der Waals surface area contributed by atoms with E-state index in [9.17, 15) is 24.9 Å². The minimum atomic E-state index is -1.48. The van der Waals surface area contributed by atoms with Crippen LogP contribution in [0.1, 0.15) is 21.6 Å². The maximum atomic E-state index is 13.2. The molecule has 178 valence electrons. The van der Waals surface area contributed by atoms with Gasteiger partial charge in [0.1, 0.15) is 12.2 Å². The summed E-state index contributed by atoms with van der Waals surface area (Å²) in [6.07, 6.45) is -4.11. The van der Waals surface area contributed by atoms with Crippen LogP contribution in [-0.4, -0.2) is 107 Å². The number of aliphatic hydroxyl groups is 3. The zero-order valence-electron chi connectivity index (χ0n) is 19.7. The quantitative estimate of drug-likeness (QED) is 0.361. The minimum absolute atomic E-state index is 0.141. The number of aryl methyl sites for hydroxylation is 2. The standard InChI is InChI=1S/C22H35N5O5/c1-13-9-15-16(10-14(13)2)27(12-18(29)20(30)17(28)11-26(5)6)22(32)19(24-15)21(31)23-7-8-25(3)4/h9-10,17-18,20,28-30H,7-8,11-12H2,1-6H3,(H,23,31)/t17-,18+,20-/m1/s1. The van der Waals surface area contributed by atoms with E-state index in [1.807, 2.05) is 32.8 Å². The lowest BCUT2D eigenvalue weighted by molar-refractivity contribution is -0.0703. The zero-order chi connectivity index (χ0) is 24.2. The number of hydrogen-bond acceptors (Lipinski definition) is 8. The first kappa shape index (κ1) is 25.9. The molecule has 0 saturated heterocycles. The third-order valence-electron chi connectivity index (χ3n) is 5.33.